The molecule has 0 spiro atoms. The number of carbonyl (C=O) groups excluding carboxylic acids is 1. The van der Waals surface area contributed by atoms with E-state index in [0.29, 0.717) is 15.9 Å². The zero-order valence-electron chi connectivity index (χ0n) is 12.0. The van der Waals surface area contributed by atoms with E-state index in [1.54, 1.807) is 4.90 Å². The molecule has 1 heterocycles. The molecule has 3 rings (SSSR count). The molecule has 23 heavy (non-hydrogen) atoms. The number of halogens is 1. The summed E-state index contributed by atoms with van der Waals surface area (Å²) in [4.78, 5) is 14.7. The Morgan fingerprint density at radius 1 is 1.13 bits per heavy atom. The van der Waals surface area contributed by atoms with Crippen LogP contribution in [0.5, 0.6) is 0 Å². The predicted octanol–water partition coefficient (Wildman–Crippen LogP) is 4.72. The Morgan fingerprint density at radius 2 is 1.83 bits per heavy atom. The average Bonchev–Trinajstić information content (AvgIpc) is 2.82. The van der Waals surface area contributed by atoms with Crippen LogP contribution in [0, 0.1) is 0 Å². The summed E-state index contributed by atoms with van der Waals surface area (Å²) in [6.07, 6.45) is 1.87. The zero-order chi connectivity index (χ0) is 16.2. The molecule has 1 aliphatic heterocycles. The predicted molar refractivity (Wildman–Crippen MR) is 104 cm³/mol. The Hall–Kier alpha value is -1.63. The van der Waals surface area contributed by atoms with Crippen molar-refractivity contribution in [3.63, 3.8) is 0 Å². The van der Waals surface area contributed by atoms with Gasteiger partial charge >= 0.3 is 0 Å². The topological polar surface area (TPSA) is 32.3 Å². The summed E-state index contributed by atoms with van der Waals surface area (Å²) < 4.78 is 1.52. The van der Waals surface area contributed by atoms with Gasteiger partial charge in [-0.25, -0.2) is 0 Å². The number of nitrogens with one attached hydrogen (secondary N) is 1. The fourth-order valence-electron chi connectivity index (χ4n) is 2.11. The minimum Gasteiger partial charge on any atom is -0.366 e. The van der Waals surface area contributed by atoms with E-state index in [-0.39, 0.29) is 5.91 Å². The van der Waals surface area contributed by atoms with Crippen LogP contribution in [0.2, 0.25) is 0 Å². The van der Waals surface area contributed by atoms with Crippen LogP contribution in [-0.4, -0.2) is 21.8 Å². The number of para-hydroxylation sites is 1. The van der Waals surface area contributed by atoms with Gasteiger partial charge in [0.15, 0.2) is 0 Å². The molecule has 1 fully saturated rings. The first-order valence-electron chi connectivity index (χ1n) is 6.94. The highest BCUT2D eigenvalue weighted by atomic mass is 79.9. The molecule has 0 aromatic heterocycles. The fraction of sp³-hybridized carbons (Fsp3) is 0.0588. The van der Waals surface area contributed by atoms with Crippen LogP contribution in [0.25, 0.3) is 6.08 Å². The largest absolute Gasteiger partial charge is 0.366 e. The van der Waals surface area contributed by atoms with E-state index < -0.39 is 0 Å². The van der Waals surface area contributed by atoms with Gasteiger partial charge in [0.25, 0.3) is 5.91 Å². The van der Waals surface area contributed by atoms with Crippen molar-refractivity contribution in [3.05, 3.63) is 69.5 Å². The van der Waals surface area contributed by atoms with Gasteiger partial charge in [0.05, 0.1) is 11.6 Å². The molecule has 3 nitrogen and oxygen atoms in total. The van der Waals surface area contributed by atoms with Crippen LogP contribution in [0.3, 0.4) is 0 Å². The standard InChI is InChI=1S/C17H13BrN2OS2/c18-13-8-4-5-9-14(13)19-11-20-16(21)15(23-17(20)22)10-12-6-2-1-3-7-12/h1-10,19H,11H2/b15-10+. The van der Waals surface area contributed by atoms with Gasteiger partial charge in [0.2, 0.25) is 0 Å². The van der Waals surface area contributed by atoms with Crippen molar-refractivity contribution in [2.24, 2.45) is 0 Å². The number of carbonyl (C=O) groups is 1. The molecule has 6 heteroatoms. The van der Waals surface area contributed by atoms with Gasteiger partial charge in [-0.2, -0.15) is 0 Å². The molecular formula is C17H13BrN2OS2. The Bertz CT molecular complexity index is 777. The smallest absolute Gasteiger partial charge is 0.267 e. The maximum absolute atomic E-state index is 12.5. The second-order valence-corrected chi connectivity index (χ2v) is 7.37. The number of nitrogens with zero attached hydrogens (tertiary/aromatic N) is 1. The van der Waals surface area contributed by atoms with Crippen molar-refractivity contribution in [1.29, 1.82) is 0 Å². The van der Waals surface area contributed by atoms with Crippen molar-refractivity contribution in [3.8, 4) is 0 Å². The lowest BCUT2D eigenvalue weighted by Gasteiger charge is -2.16. The van der Waals surface area contributed by atoms with E-state index in [1.165, 1.54) is 11.8 Å². The van der Waals surface area contributed by atoms with Gasteiger partial charge in [-0.15, -0.1) is 0 Å². The molecular weight excluding hydrogens is 392 g/mol. The number of hydrogen-bond donors (Lipinski definition) is 1. The molecule has 0 radical (unpaired) electrons. The third-order valence-corrected chi connectivity index (χ3v) is 5.34. The first kappa shape index (κ1) is 16.2. The summed E-state index contributed by atoms with van der Waals surface area (Å²) in [6, 6.07) is 17.5. The number of thiocarbonyl (C=S) groups is 1. The summed E-state index contributed by atoms with van der Waals surface area (Å²) in [5, 5.41) is 3.23. The average molecular weight is 405 g/mol. The quantitative estimate of drug-likeness (QED) is 0.590. The van der Waals surface area contributed by atoms with E-state index >= 15 is 0 Å². The Kier molecular flexibility index (Phi) is 5.15. The van der Waals surface area contributed by atoms with Crippen molar-refractivity contribution in [2.45, 2.75) is 0 Å². The summed E-state index contributed by atoms with van der Waals surface area (Å²) >= 11 is 10.1. The van der Waals surface area contributed by atoms with E-state index in [9.17, 15) is 4.79 Å². The highest BCUT2D eigenvalue weighted by Gasteiger charge is 2.31. The highest BCUT2D eigenvalue weighted by molar-refractivity contribution is 9.10. The number of hydrogen-bond acceptors (Lipinski definition) is 4. The first-order valence-corrected chi connectivity index (χ1v) is 8.96. The van der Waals surface area contributed by atoms with Crippen molar-refractivity contribution >= 4 is 61.9 Å². The van der Waals surface area contributed by atoms with Crippen LogP contribution in [-0.2, 0) is 4.79 Å². The Morgan fingerprint density at radius 3 is 2.57 bits per heavy atom. The summed E-state index contributed by atoms with van der Waals surface area (Å²) in [7, 11) is 0. The highest BCUT2D eigenvalue weighted by Crippen LogP contribution is 2.32. The molecule has 0 unspecified atom stereocenters. The van der Waals surface area contributed by atoms with Crippen LogP contribution < -0.4 is 5.32 Å². The molecule has 0 saturated carbocycles. The van der Waals surface area contributed by atoms with Crippen LogP contribution in [0.4, 0.5) is 5.69 Å². The number of amides is 1. The maximum Gasteiger partial charge on any atom is 0.267 e. The first-order chi connectivity index (χ1) is 11.1. The molecule has 1 saturated heterocycles. The fourth-order valence-corrected chi connectivity index (χ4v) is 3.79. The monoisotopic (exact) mass is 404 g/mol. The summed E-state index contributed by atoms with van der Waals surface area (Å²) in [5.74, 6) is -0.0663. The van der Waals surface area contributed by atoms with E-state index in [4.69, 9.17) is 12.2 Å². The molecule has 2 aromatic carbocycles. The van der Waals surface area contributed by atoms with Crippen molar-refractivity contribution < 1.29 is 4.79 Å². The molecule has 116 valence electrons. The lowest BCUT2D eigenvalue weighted by Crippen LogP contribution is -2.33. The van der Waals surface area contributed by atoms with Gasteiger partial charge in [0.1, 0.15) is 4.32 Å². The minimum atomic E-state index is -0.0663. The molecule has 2 aromatic rings. The van der Waals surface area contributed by atoms with E-state index in [2.05, 4.69) is 21.2 Å². The normalized spacial score (nSPS) is 16.2. The zero-order valence-corrected chi connectivity index (χ0v) is 15.2. The Labute approximate surface area is 152 Å². The van der Waals surface area contributed by atoms with Crippen molar-refractivity contribution in [2.75, 3.05) is 12.0 Å². The van der Waals surface area contributed by atoms with Gasteiger partial charge in [0, 0.05) is 10.2 Å². The number of anilines is 1. The van der Waals surface area contributed by atoms with Crippen LogP contribution >= 0.6 is 39.9 Å². The molecule has 0 atom stereocenters. The van der Waals surface area contributed by atoms with E-state index in [0.717, 1.165) is 15.7 Å². The lowest BCUT2D eigenvalue weighted by molar-refractivity contribution is -0.121. The third-order valence-electron chi connectivity index (χ3n) is 3.27. The van der Waals surface area contributed by atoms with Crippen molar-refractivity contribution in [1.82, 2.24) is 4.90 Å². The number of benzene rings is 2. The number of thioether (sulfide) groups is 1. The molecule has 0 bridgehead atoms. The Balaban J connectivity index is 1.72. The van der Waals surface area contributed by atoms with Gasteiger partial charge in [-0.3, -0.25) is 9.69 Å². The summed E-state index contributed by atoms with van der Waals surface area (Å²) in [5.41, 5.74) is 1.92. The SMILES string of the molecule is O=C1/C(=C\c2ccccc2)SC(=S)N1CNc1ccccc1Br. The van der Waals surface area contributed by atoms with Gasteiger partial charge in [-0.05, 0) is 39.7 Å². The van der Waals surface area contributed by atoms with Gasteiger partial charge in [-0.1, -0.05) is 66.4 Å². The van der Waals surface area contributed by atoms with Gasteiger partial charge < -0.3 is 5.32 Å². The second kappa shape index (κ2) is 7.29. The van der Waals surface area contributed by atoms with E-state index in [1.807, 2.05) is 60.7 Å². The molecule has 0 aliphatic carbocycles. The van der Waals surface area contributed by atoms with Crippen LogP contribution in [0.15, 0.2) is 64.0 Å². The van der Waals surface area contributed by atoms with Crippen LogP contribution in [0.1, 0.15) is 5.56 Å². The molecule has 1 N–H and O–H groups in total. The number of rotatable bonds is 4. The minimum absolute atomic E-state index is 0.0663. The molecule has 1 aliphatic rings. The summed E-state index contributed by atoms with van der Waals surface area (Å²) in [6.45, 7) is 0.347. The molecule has 1 amide bonds. The third kappa shape index (κ3) is 3.83. The lowest BCUT2D eigenvalue weighted by atomic mass is 10.2. The second-order valence-electron chi connectivity index (χ2n) is 4.84. The maximum atomic E-state index is 12.5.